The van der Waals surface area contributed by atoms with Crippen LogP contribution in [0.1, 0.15) is 37.0 Å². The molecule has 2 aliphatic heterocycles. The fourth-order valence-electron chi connectivity index (χ4n) is 4.42. The Morgan fingerprint density at radius 2 is 2.11 bits per heavy atom. The molecular weight excluding hydrogens is 358 g/mol. The highest BCUT2D eigenvalue weighted by Crippen LogP contribution is 2.37. The van der Waals surface area contributed by atoms with E-state index in [-0.39, 0.29) is 23.8 Å². The van der Waals surface area contributed by atoms with Crippen LogP contribution >= 0.6 is 11.3 Å². The lowest BCUT2D eigenvalue weighted by Crippen LogP contribution is -2.57. The van der Waals surface area contributed by atoms with Crippen LogP contribution in [0.4, 0.5) is 0 Å². The van der Waals surface area contributed by atoms with E-state index < -0.39 is 6.04 Å². The molecule has 27 heavy (non-hydrogen) atoms. The number of rotatable bonds is 8. The zero-order valence-corrected chi connectivity index (χ0v) is 16.7. The maximum atomic E-state index is 13.2. The number of amides is 2. The molecule has 0 radical (unpaired) electrons. The van der Waals surface area contributed by atoms with Crippen molar-refractivity contribution in [2.24, 2.45) is 0 Å². The molecule has 0 saturated carbocycles. The number of carbonyl (C=O) groups is 2. The van der Waals surface area contributed by atoms with Crippen LogP contribution in [0.15, 0.2) is 42.8 Å². The standard InChI is InChI=1S/C21H29N3O2S/c1-3-8-21(9-4-2)10-6-12-24(21)19(25)15-18-20(26)22-11-13-23(18)16-17-7-5-14-27-17/h3-5,7,14,18H,1-2,6,8-13,15-16H2,(H,22,26)/t18-/m1/s1. The van der Waals surface area contributed by atoms with E-state index in [1.165, 1.54) is 4.88 Å². The van der Waals surface area contributed by atoms with Gasteiger partial charge in [-0.3, -0.25) is 14.5 Å². The van der Waals surface area contributed by atoms with Gasteiger partial charge in [-0.15, -0.1) is 24.5 Å². The number of nitrogens with one attached hydrogen (secondary N) is 1. The Kier molecular flexibility index (Phi) is 6.50. The van der Waals surface area contributed by atoms with Crippen molar-refractivity contribution >= 4 is 23.2 Å². The van der Waals surface area contributed by atoms with Crippen molar-refractivity contribution in [1.29, 1.82) is 0 Å². The first-order chi connectivity index (χ1) is 13.1. The second-order valence-electron chi connectivity index (χ2n) is 7.42. The Bertz CT molecular complexity index is 676. The number of nitrogens with zero attached hydrogens (tertiary/aromatic N) is 2. The van der Waals surface area contributed by atoms with E-state index in [1.807, 2.05) is 28.5 Å². The van der Waals surface area contributed by atoms with Crippen molar-refractivity contribution < 1.29 is 9.59 Å². The zero-order chi connectivity index (χ0) is 19.3. The highest BCUT2D eigenvalue weighted by Gasteiger charge is 2.43. The molecule has 1 N–H and O–H groups in total. The molecule has 0 aliphatic carbocycles. The van der Waals surface area contributed by atoms with Crippen LogP contribution in [0.5, 0.6) is 0 Å². The number of thiophene rings is 1. The lowest BCUT2D eigenvalue weighted by molar-refractivity contribution is -0.141. The van der Waals surface area contributed by atoms with Crippen LogP contribution in [-0.2, 0) is 16.1 Å². The summed E-state index contributed by atoms with van der Waals surface area (Å²) < 4.78 is 0. The second-order valence-corrected chi connectivity index (χ2v) is 8.45. The Morgan fingerprint density at radius 1 is 1.33 bits per heavy atom. The minimum absolute atomic E-state index is 0.0385. The molecule has 0 aromatic carbocycles. The minimum atomic E-state index is -0.404. The highest BCUT2D eigenvalue weighted by molar-refractivity contribution is 7.09. The molecular formula is C21H29N3O2S. The molecule has 1 aromatic rings. The molecule has 3 heterocycles. The van der Waals surface area contributed by atoms with Gasteiger partial charge in [-0.1, -0.05) is 18.2 Å². The van der Waals surface area contributed by atoms with Crippen LogP contribution in [-0.4, -0.2) is 52.8 Å². The quantitative estimate of drug-likeness (QED) is 0.698. The molecule has 2 fully saturated rings. The summed E-state index contributed by atoms with van der Waals surface area (Å²) in [5, 5.41) is 4.97. The summed E-state index contributed by atoms with van der Waals surface area (Å²) in [6.45, 7) is 10.6. The van der Waals surface area contributed by atoms with Gasteiger partial charge in [-0.05, 0) is 37.1 Å². The van der Waals surface area contributed by atoms with Crippen molar-refractivity contribution in [1.82, 2.24) is 15.1 Å². The summed E-state index contributed by atoms with van der Waals surface area (Å²) in [4.78, 5) is 31.1. The smallest absolute Gasteiger partial charge is 0.237 e. The summed E-state index contributed by atoms with van der Waals surface area (Å²) in [7, 11) is 0. The third kappa shape index (κ3) is 4.33. The predicted octanol–water partition coefficient (Wildman–Crippen LogP) is 2.95. The number of hydrogen-bond donors (Lipinski definition) is 1. The Hall–Kier alpha value is -1.92. The van der Waals surface area contributed by atoms with Gasteiger partial charge in [-0.25, -0.2) is 0 Å². The number of likely N-dealkylation sites (tertiary alicyclic amines) is 1. The van der Waals surface area contributed by atoms with Crippen molar-refractivity contribution in [3.8, 4) is 0 Å². The van der Waals surface area contributed by atoms with Crippen LogP contribution < -0.4 is 5.32 Å². The summed E-state index contributed by atoms with van der Waals surface area (Å²) >= 11 is 1.69. The van der Waals surface area contributed by atoms with E-state index in [4.69, 9.17) is 0 Å². The third-order valence-corrected chi connectivity index (χ3v) is 6.56. The summed E-state index contributed by atoms with van der Waals surface area (Å²) in [5.74, 6) is 0.0258. The SMILES string of the molecule is C=CCC1(CC=C)CCCN1C(=O)C[C@@H]1C(=O)NCCN1Cc1cccs1. The Labute approximate surface area is 165 Å². The van der Waals surface area contributed by atoms with Crippen LogP contribution in [0, 0.1) is 0 Å². The number of hydrogen-bond acceptors (Lipinski definition) is 4. The van der Waals surface area contributed by atoms with Crippen molar-refractivity contribution in [3.05, 3.63) is 47.7 Å². The first kappa shape index (κ1) is 19.8. The van der Waals surface area contributed by atoms with Gasteiger partial charge in [0.25, 0.3) is 0 Å². The molecule has 6 heteroatoms. The van der Waals surface area contributed by atoms with Gasteiger partial charge in [0.15, 0.2) is 0 Å². The Balaban J connectivity index is 1.74. The molecule has 1 aromatic heterocycles. The summed E-state index contributed by atoms with van der Waals surface area (Å²) in [5.41, 5.74) is -0.218. The van der Waals surface area contributed by atoms with Gasteiger partial charge in [0.05, 0.1) is 12.5 Å². The maximum Gasteiger partial charge on any atom is 0.237 e. The highest BCUT2D eigenvalue weighted by atomic mass is 32.1. The van der Waals surface area contributed by atoms with E-state index in [0.29, 0.717) is 13.1 Å². The van der Waals surface area contributed by atoms with Gasteiger partial charge in [0.1, 0.15) is 0 Å². The normalized spacial score (nSPS) is 22.4. The molecule has 5 nitrogen and oxygen atoms in total. The summed E-state index contributed by atoms with van der Waals surface area (Å²) in [6, 6.07) is 3.70. The minimum Gasteiger partial charge on any atom is -0.353 e. The average molecular weight is 388 g/mol. The molecule has 3 rings (SSSR count). The van der Waals surface area contributed by atoms with Gasteiger partial charge >= 0.3 is 0 Å². The van der Waals surface area contributed by atoms with E-state index in [9.17, 15) is 9.59 Å². The van der Waals surface area contributed by atoms with Gasteiger partial charge in [-0.2, -0.15) is 0 Å². The fourth-order valence-corrected chi connectivity index (χ4v) is 5.15. The van der Waals surface area contributed by atoms with E-state index in [0.717, 1.165) is 38.8 Å². The van der Waals surface area contributed by atoms with Crippen LogP contribution in [0.25, 0.3) is 0 Å². The van der Waals surface area contributed by atoms with Crippen LogP contribution in [0.2, 0.25) is 0 Å². The van der Waals surface area contributed by atoms with Crippen molar-refractivity contribution in [2.45, 2.75) is 50.2 Å². The van der Waals surface area contributed by atoms with E-state index in [1.54, 1.807) is 11.3 Å². The fraction of sp³-hybridized carbons (Fsp3) is 0.524. The van der Waals surface area contributed by atoms with Gasteiger partial charge in [0.2, 0.25) is 11.8 Å². The number of carbonyl (C=O) groups excluding carboxylic acids is 2. The summed E-state index contributed by atoms with van der Waals surface area (Å²) in [6.07, 6.45) is 7.50. The Morgan fingerprint density at radius 3 is 2.78 bits per heavy atom. The molecule has 0 bridgehead atoms. The third-order valence-electron chi connectivity index (χ3n) is 5.69. The number of piperazine rings is 1. The van der Waals surface area contributed by atoms with E-state index in [2.05, 4.69) is 29.4 Å². The maximum absolute atomic E-state index is 13.2. The predicted molar refractivity (Wildman–Crippen MR) is 109 cm³/mol. The molecule has 0 unspecified atom stereocenters. The van der Waals surface area contributed by atoms with Crippen molar-refractivity contribution in [3.63, 3.8) is 0 Å². The van der Waals surface area contributed by atoms with Gasteiger partial charge in [0, 0.05) is 36.6 Å². The largest absolute Gasteiger partial charge is 0.353 e. The second kappa shape index (κ2) is 8.85. The van der Waals surface area contributed by atoms with Crippen molar-refractivity contribution in [2.75, 3.05) is 19.6 Å². The molecule has 2 amide bonds. The molecule has 2 saturated heterocycles. The first-order valence-electron chi connectivity index (χ1n) is 9.66. The topological polar surface area (TPSA) is 52.7 Å². The van der Waals surface area contributed by atoms with E-state index >= 15 is 0 Å². The van der Waals surface area contributed by atoms with Gasteiger partial charge < -0.3 is 10.2 Å². The monoisotopic (exact) mass is 387 g/mol. The van der Waals surface area contributed by atoms with Crippen LogP contribution in [0.3, 0.4) is 0 Å². The lowest BCUT2D eigenvalue weighted by Gasteiger charge is -2.40. The lowest BCUT2D eigenvalue weighted by atomic mass is 9.87. The zero-order valence-electron chi connectivity index (χ0n) is 15.9. The average Bonchev–Trinajstić information content (AvgIpc) is 3.29. The first-order valence-corrected chi connectivity index (χ1v) is 10.5. The molecule has 0 spiro atoms. The molecule has 1 atom stereocenters. The molecule has 146 valence electrons. The molecule has 2 aliphatic rings.